The second kappa shape index (κ2) is 9.62. The van der Waals surface area contributed by atoms with Crippen LogP contribution in [0, 0.1) is 18.8 Å². The van der Waals surface area contributed by atoms with Crippen LogP contribution >= 0.6 is 11.8 Å². The predicted octanol–water partition coefficient (Wildman–Crippen LogP) is 4.02. The molecular formula is C25H24N2O5S. The van der Waals surface area contributed by atoms with Gasteiger partial charge in [-0.05, 0) is 56.2 Å². The van der Waals surface area contributed by atoms with Crippen molar-refractivity contribution in [3.63, 3.8) is 0 Å². The van der Waals surface area contributed by atoms with E-state index in [2.05, 4.69) is 5.32 Å². The second-order valence-corrected chi connectivity index (χ2v) is 9.50. The number of allylic oxidation sites excluding steroid dienone is 2. The highest BCUT2D eigenvalue weighted by Crippen LogP contribution is 2.35. The molecule has 3 atom stereocenters. The number of amides is 3. The van der Waals surface area contributed by atoms with Crippen molar-refractivity contribution >= 4 is 46.8 Å². The lowest BCUT2D eigenvalue weighted by atomic mass is 9.82. The summed E-state index contributed by atoms with van der Waals surface area (Å²) < 4.78 is 0. The maximum Gasteiger partial charge on any atom is 0.307 e. The number of anilines is 2. The molecular weight excluding hydrogens is 440 g/mol. The summed E-state index contributed by atoms with van der Waals surface area (Å²) in [5, 5.41) is 11.6. The van der Waals surface area contributed by atoms with Gasteiger partial charge in [0.2, 0.25) is 17.7 Å². The van der Waals surface area contributed by atoms with E-state index in [1.807, 2.05) is 25.1 Å². The molecule has 0 spiro atoms. The Bertz CT molecular complexity index is 1110. The zero-order chi connectivity index (χ0) is 23.5. The lowest BCUT2D eigenvalue weighted by Gasteiger charge is -2.24. The van der Waals surface area contributed by atoms with Crippen LogP contribution in [0.2, 0.25) is 0 Å². The van der Waals surface area contributed by atoms with Crippen molar-refractivity contribution in [1.82, 2.24) is 0 Å². The summed E-state index contributed by atoms with van der Waals surface area (Å²) in [6.07, 6.45) is 4.50. The minimum Gasteiger partial charge on any atom is -0.481 e. The summed E-state index contributed by atoms with van der Waals surface area (Å²) in [5.41, 5.74) is 2.18. The van der Waals surface area contributed by atoms with E-state index >= 15 is 0 Å². The minimum absolute atomic E-state index is 0.127. The molecule has 8 heteroatoms. The van der Waals surface area contributed by atoms with E-state index in [1.54, 1.807) is 42.5 Å². The fraction of sp³-hybridized carbons (Fsp3) is 0.280. The predicted molar refractivity (Wildman–Crippen MR) is 126 cm³/mol. The number of carboxylic acid groups (broad SMARTS) is 1. The average molecular weight is 465 g/mol. The fourth-order valence-corrected chi connectivity index (χ4v) is 5.11. The van der Waals surface area contributed by atoms with Crippen LogP contribution in [0.3, 0.4) is 0 Å². The van der Waals surface area contributed by atoms with Gasteiger partial charge < -0.3 is 10.4 Å². The number of aliphatic carboxylic acids is 1. The number of benzene rings is 2. The Morgan fingerprint density at radius 3 is 2.24 bits per heavy atom. The molecule has 170 valence electrons. The number of nitrogens with one attached hydrogen (secondary N) is 1. The second-order valence-electron chi connectivity index (χ2n) is 8.22. The van der Waals surface area contributed by atoms with Crippen molar-refractivity contribution in [2.45, 2.75) is 36.3 Å². The van der Waals surface area contributed by atoms with Gasteiger partial charge in [0.25, 0.3) is 0 Å². The van der Waals surface area contributed by atoms with Gasteiger partial charge in [-0.3, -0.25) is 19.2 Å². The molecule has 0 unspecified atom stereocenters. The first-order chi connectivity index (χ1) is 15.8. The smallest absolute Gasteiger partial charge is 0.307 e. The Labute approximate surface area is 195 Å². The summed E-state index contributed by atoms with van der Waals surface area (Å²) in [6.45, 7) is 1.94. The van der Waals surface area contributed by atoms with Gasteiger partial charge in [0, 0.05) is 17.0 Å². The topological polar surface area (TPSA) is 104 Å². The highest BCUT2D eigenvalue weighted by molar-refractivity contribution is 8.00. The highest BCUT2D eigenvalue weighted by atomic mass is 32.2. The summed E-state index contributed by atoms with van der Waals surface area (Å²) in [5.74, 6) is -3.10. The molecule has 0 aromatic heterocycles. The molecule has 7 nitrogen and oxygen atoms in total. The highest BCUT2D eigenvalue weighted by Gasteiger charge is 2.40. The van der Waals surface area contributed by atoms with Crippen molar-refractivity contribution in [3.05, 3.63) is 66.2 Å². The van der Waals surface area contributed by atoms with Crippen LogP contribution in [-0.4, -0.2) is 34.0 Å². The summed E-state index contributed by atoms with van der Waals surface area (Å²) in [4.78, 5) is 51.4. The zero-order valence-electron chi connectivity index (χ0n) is 18.1. The number of nitrogens with zero attached hydrogens (tertiary/aromatic N) is 1. The number of hydrogen-bond donors (Lipinski definition) is 2. The van der Waals surface area contributed by atoms with Crippen LogP contribution in [0.5, 0.6) is 0 Å². The summed E-state index contributed by atoms with van der Waals surface area (Å²) in [7, 11) is 0. The fourth-order valence-electron chi connectivity index (χ4n) is 4.05. The van der Waals surface area contributed by atoms with E-state index in [0.29, 0.717) is 24.2 Å². The van der Waals surface area contributed by atoms with Crippen molar-refractivity contribution in [3.8, 4) is 0 Å². The molecule has 0 radical (unpaired) electrons. The first kappa shape index (κ1) is 22.8. The number of thioether (sulfide) groups is 1. The summed E-state index contributed by atoms with van der Waals surface area (Å²) >= 11 is 1.31. The number of rotatable bonds is 6. The standard InChI is InChI=1S/C25H24N2O5S/c1-15-6-10-17(11-7-15)27-22(28)14-21(24(27)30)33-18-12-8-16(9-13-18)26-23(29)19-4-2-3-5-20(19)25(31)32/h2-3,6-13,19-21H,4-5,14H2,1H3,(H,26,29)(H,31,32)/t19-,20+,21+/m1/s1. The molecule has 0 bridgehead atoms. The Morgan fingerprint density at radius 2 is 1.61 bits per heavy atom. The van der Waals surface area contributed by atoms with Gasteiger partial charge >= 0.3 is 5.97 Å². The van der Waals surface area contributed by atoms with Gasteiger partial charge in [-0.25, -0.2) is 4.90 Å². The number of carboxylic acids is 1. The maximum absolute atomic E-state index is 12.9. The van der Waals surface area contributed by atoms with E-state index in [-0.39, 0.29) is 24.1 Å². The quantitative estimate of drug-likeness (QED) is 0.494. The summed E-state index contributed by atoms with van der Waals surface area (Å²) in [6, 6.07) is 14.3. The molecule has 2 aliphatic rings. The van der Waals surface area contributed by atoms with Gasteiger partial charge in [-0.2, -0.15) is 0 Å². The van der Waals surface area contributed by atoms with Gasteiger partial charge in [0.1, 0.15) is 0 Å². The van der Waals surface area contributed by atoms with Crippen molar-refractivity contribution in [2.75, 3.05) is 10.2 Å². The van der Waals surface area contributed by atoms with Gasteiger partial charge in [-0.15, -0.1) is 11.8 Å². The maximum atomic E-state index is 12.9. The molecule has 1 fully saturated rings. The van der Waals surface area contributed by atoms with E-state index in [1.165, 1.54) is 16.7 Å². The molecule has 4 rings (SSSR count). The minimum atomic E-state index is -0.971. The largest absolute Gasteiger partial charge is 0.481 e. The Kier molecular flexibility index (Phi) is 6.65. The third-order valence-electron chi connectivity index (χ3n) is 5.88. The van der Waals surface area contributed by atoms with Crippen molar-refractivity contribution in [1.29, 1.82) is 0 Å². The third-order valence-corrected chi connectivity index (χ3v) is 7.08. The molecule has 3 amide bonds. The normalized spacial score (nSPS) is 22.5. The molecule has 0 saturated carbocycles. The zero-order valence-corrected chi connectivity index (χ0v) is 18.9. The van der Waals surface area contributed by atoms with E-state index in [4.69, 9.17) is 0 Å². The van der Waals surface area contributed by atoms with Crippen molar-refractivity contribution < 1.29 is 24.3 Å². The van der Waals surface area contributed by atoms with Crippen molar-refractivity contribution in [2.24, 2.45) is 11.8 Å². The number of carbonyl (C=O) groups excluding carboxylic acids is 3. The van der Waals surface area contributed by atoms with Crippen LogP contribution < -0.4 is 10.2 Å². The third kappa shape index (κ3) is 5.01. The van der Waals surface area contributed by atoms with E-state index in [9.17, 15) is 24.3 Å². The Balaban J connectivity index is 1.39. The lowest BCUT2D eigenvalue weighted by Crippen LogP contribution is -2.34. The number of imide groups is 1. The van der Waals surface area contributed by atoms with E-state index < -0.39 is 23.1 Å². The molecule has 1 aliphatic carbocycles. The van der Waals surface area contributed by atoms with Gasteiger partial charge in [-0.1, -0.05) is 29.8 Å². The number of hydrogen-bond acceptors (Lipinski definition) is 5. The van der Waals surface area contributed by atoms with Crippen LogP contribution in [0.1, 0.15) is 24.8 Å². The van der Waals surface area contributed by atoms with Crippen LogP contribution in [-0.2, 0) is 19.2 Å². The molecule has 2 aromatic carbocycles. The first-order valence-electron chi connectivity index (χ1n) is 10.7. The lowest BCUT2D eigenvalue weighted by molar-refractivity contribution is -0.146. The van der Waals surface area contributed by atoms with Crippen LogP contribution in [0.15, 0.2) is 65.6 Å². The monoisotopic (exact) mass is 464 g/mol. The average Bonchev–Trinajstić information content (AvgIpc) is 3.08. The van der Waals surface area contributed by atoms with Gasteiger partial charge in [0.15, 0.2) is 0 Å². The molecule has 2 aromatic rings. The molecule has 1 aliphatic heterocycles. The number of carbonyl (C=O) groups is 4. The molecule has 1 heterocycles. The SMILES string of the molecule is Cc1ccc(N2C(=O)C[C@H](Sc3ccc(NC(=O)[C@@H]4CC=CC[C@@H]4C(=O)O)cc3)C2=O)cc1. The first-order valence-corrected chi connectivity index (χ1v) is 11.6. The number of aryl methyl sites for hydroxylation is 1. The molecule has 1 saturated heterocycles. The Morgan fingerprint density at radius 1 is 0.970 bits per heavy atom. The van der Waals surface area contributed by atoms with Crippen LogP contribution in [0.4, 0.5) is 11.4 Å². The van der Waals surface area contributed by atoms with Crippen LogP contribution in [0.25, 0.3) is 0 Å². The molecule has 33 heavy (non-hydrogen) atoms. The van der Waals surface area contributed by atoms with E-state index in [0.717, 1.165) is 10.5 Å². The Hall–Kier alpha value is -3.39. The van der Waals surface area contributed by atoms with Gasteiger partial charge in [0.05, 0.1) is 22.8 Å². The molecule has 2 N–H and O–H groups in total.